The fraction of sp³-hybridized carbons (Fsp3) is 0.0800. The van der Waals surface area contributed by atoms with E-state index >= 15 is 0 Å². The molecule has 0 N–H and O–H groups in total. The topological polar surface area (TPSA) is 51.8 Å². The van der Waals surface area contributed by atoms with Crippen LogP contribution in [0, 0.1) is 13.8 Å². The Bertz CT molecular complexity index is 1580. The number of hydrogen-bond donors (Lipinski definition) is 0. The largest absolute Gasteiger partial charge is 0.437 e. The summed E-state index contributed by atoms with van der Waals surface area (Å²) in [6.45, 7) is 4.10. The Hall–Kier alpha value is -3.79. The number of fused-ring (bicyclic) bond motifs is 6. The van der Waals surface area contributed by atoms with Crippen LogP contribution in [0.1, 0.15) is 11.3 Å². The molecule has 4 nitrogen and oxygen atoms in total. The number of para-hydroxylation sites is 1. The summed E-state index contributed by atoms with van der Waals surface area (Å²) in [6.07, 6.45) is 1.64. The van der Waals surface area contributed by atoms with Crippen LogP contribution in [0.3, 0.4) is 0 Å². The fourth-order valence-corrected chi connectivity index (χ4v) is 4.22. The first-order chi connectivity index (χ1) is 14.2. The molecule has 0 aliphatic heterocycles. The van der Waals surface area contributed by atoms with Crippen LogP contribution in [0.4, 0.5) is 0 Å². The number of furan rings is 1. The van der Waals surface area contributed by atoms with Gasteiger partial charge in [-0.05, 0) is 49.1 Å². The van der Waals surface area contributed by atoms with Gasteiger partial charge in [-0.2, -0.15) is 0 Å². The molecule has 138 valence electrons. The Morgan fingerprint density at radius 2 is 1.48 bits per heavy atom. The molecule has 0 unspecified atom stereocenters. The summed E-state index contributed by atoms with van der Waals surface area (Å²) < 4.78 is 6.20. The zero-order valence-electron chi connectivity index (χ0n) is 16.1. The molecule has 0 saturated heterocycles. The fourth-order valence-electron chi connectivity index (χ4n) is 4.22. The molecule has 0 aliphatic carbocycles. The number of rotatable bonds is 1. The zero-order valence-corrected chi connectivity index (χ0v) is 16.1. The smallest absolute Gasteiger partial charge is 0.227 e. The van der Waals surface area contributed by atoms with Gasteiger partial charge in [0.1, 0.15) is 11.9 Å². The monoisotopic (exact) mass is 375 g/mol. The van der Waals surface area contributed by atoms with Gasteiger partial charge in [-0.25, -0.2) is 15.0 Å². The van der Waals surface area contributed by atoms with Gasteiger partial charge < -0.3 is 4.42 Å². The molecule has 3 heterocycles. The molecule has 0 amide bonds. The van der Waals surface area contributed by atoms with Crippen molar-refractivity contribution in [3.05, 3.63) is 78.2 Å². The van der Waals surface area contributed by atoms with E-state index in [9.17, 15) is 0 Å². The summed E-state index contributed by atoms with van der Waals surface area (Å²) in [7, 11) is 0. The number of benzene rings is 3. The zero-order chi connectivity index (χ0) is 19.5. The number of hydrogen-bond acceptors (Lipinski definition) is 4. The highest BCUT2D eigenvalue weighted by Gasteiger charge is 2.17. The van der Waals surface area contributed by atoms with E-state index in [1.54, 1.807) is 6.33 Å². The Morgan fingerprint density at radius 3 is 2.41 bits per heavy atom. The van der Waals surface area contributed by atoms with Gasteiger partial charge in [0.2, 0.25) is 5.71 Å². The lowest BCUT2D eigenvalue weighted by molar-refractivity contribution is 0.653. The van der Waals surface area contributed by atoms with Gasteiger partial charge >= 0.3 is 0 Å². The van der Waals surface area contributed by atoms with Gasteiger partial charge in [-0.15, -0.1) is 0 Å². The number of nitrogens with zero attached hydrogens (tertiary/aromatic N) is 3. The average molecular weight is 375 g/mol. The van der Waals surface area contributed by atoms with E-state index in [4.69, 9.17) is 4.42 Å². The van der Waals surface area contributed by atoms with Crippen LogP contribution < -0.4 is 0 Å². The maximum Gasteiger partial charge on any atom is 0.227 e. The van der Waals surface area contributed by atoms with Crippen LogP contribution >= 0.6 is 0 Å². The second-order valence-corrected chi connectivity index (χ2v) is 7.44. The standard InChI is InChI=1S/C25H17N3O/c1-14-5-3-6-17-16(14)11-12-20-22(17)26-13-27-23(20)21-8-4-7-18-19-10-9-15(2)28-25(19)29-24(18)21/h3-13H,1-2H3. The molecule has 3 aromatic heterocycles. The maximum atomic E-state index is 6.20. The highest BCUT2D eigenvalue weighted by molar-refractivity contribution is 6.14. The molecule has 0 radical (unpaired) electrons. The van der Waals surface area contributed by atoms with Crippen LogP contribution in [0.25, 0.3) is 55.0 Å². The van der Waals surface area contributed by atoms with E-state index in [0.717, 1.165) is 49.6 Å². The summed E-state index contributed by atoms with van der Waals surface area (Å²) in [5.41, 5.74) is 6.44. The van der Waals surface area contributed by atoms with Crippen molar-refractivity contribution in [2.24, 2.45) is 0 Å². The average Bonchev–Trinajstić information content (AvgIpc) is 3.11. The number of pyridine rings is 1. The van der Waals surface area contributed by atoms with Gasteiger partial charge in [-0.1, -0.05) is 36.4 Å². The van der Waals surface area contributed by atoms with Crippen molar-refractivity contribution in [3.63, 3.8) is 0 Å². The van der Waals surface area contributed by atoms with E-state index in [1.807, 2.05) is 19.1 Å². The first-order valence-electron chi connectivity index (χ1n) is 9.63. The minimum absolute atomic E-state index is 0.659. The summed E-state index contributed by atoms with van der Waals surface area (Å²) in [6, 6.07) is 20.9. The molecule has 0 spiro atoms. The lowest BCUT2D eigenvalue weighted by atomic mass is 9.99. The predicted molar refractivity (Wildman–Crippen MR) is 117 cm³/mol. The van der Waals surface area contributed by atoms with E-state index in [2.05, 4.69) is 70.4 Å². The Morgan fingerprint density at radius 1 is 0.690 bits per heavy atom. The third kappa shape index (κ3) is 2.29. The van der Waals surface area contributed by atoms with E-state index in [1.165, 1.54) is 10.9 Å². The van der Waals surface area contributed by atoms with Gasteiger partial charge in [0, 0.05) is 32.8 Å². The molecular weight excluding hydrogens is 358 g/mol. The van der Waals surface area contributed by atoms with E-state index in [0.29, 0.717) is 5.71 Å². The molecule has 3 aromatic carbocycles. The van der Waals surface area contributed by atoms with Crippen LogP contribution in [0.5, 0.6) is 0 Å². The van der Waals surface area contributed by atoms with E-state index < -0.39 is 0 Å². The lowest BCUT2D eigenvalue weighted by Crippen LogP contribution is -1.91. The van der Waals surface area contributed by atoms with Gasteiger partial charge in [0.05, 0.1) is 11.2 Å². The first-order valence-corrected chi connectivity index (χ1v) is 9.63. The second-order valence-electron chi connectivity index (χ2n) is 7.44. The van der Waals surface area contributed by atoms with E-state index in [-0.39, 0.29) is 0 Å². The van der Waals surface area contributed by atoms with Crippen molar-refractivity contribution in [1.29, 1.82) is 0 Å². The third-order valence-corrected chi connectivity index (χ3v) is 5.64. The van der Waals surface area contributed by atoms with Gasteiger partial charge in [0.25, 0.3) is 0 Å². The Kier molecular flexibility index (Phi) is 3.27. The quantitative estimate of drug-likeness (QED) is 0.314. The van der Waals surface area contributed by atoms with Crippen molar-refractivity contribution in [2.75, 3.05) is 0 Å². The molecular formula is C25H17N3O. The lowest BCUT2D eigenvalue weighted by Gasteiger charge is -2.09. The second kappa shape index (κ2) is 5.85. The van der Waals surface area contributed by atoms with Gasteiger partial charge in [-0.3, -0.25) is 0 Å². The molecule has 4 heteroatoms. The maximum absolute atomic E-state index is 6.20. The SMILES string of the molecule is Cc1ccc2c(n1)oc1c(-c3ncnc4c3ccc3c(C)cccc34)cccc12. The highest BCUT2D eigenvalue weighted by Crippen LogP contribution is 2.38. The summed E-state index contributed by atoms with van der Waals surface area (Å²) in [4.78, 5) is 13.8. The van der Waals surface area contributed by atoms with Crippen molar-refractivity contribution in [3.8, 4) is 11.3 Å². The minimum atomic E-state index is 0.659. The minimum Gasteiger partial charge on any atom is -0.437 e. The molecule has 0 saturated carbocycles. The Labute approximate surface area is 166 Å². The van der Waals surface area contributed by atoms with Crippen LogP contribution in [-0.2, 0) is 0 Å². The van der Waals surface area contributed by atoms with Crippen molar-refractivity contribution in [2.45, 2.75) is 13.8 Å². The first kappa shape index (κ1) is 16.2. The van der Waals surface area contributed by atoms with Gasteiger partial charge in [0.15, 0.2) is 0 Å². The van der Waals surface area contributed by atoms with Crippen molar-refractivity contribution in [1.82, 2.24) is 15.0 Å². The van der Waals surface area contributed by atoms with Crippen LogP contribution in [0.2, 0.25) is 0 Å². The number of aryl methyl sites for hydroxylation is 2. The van der Waals surface area contributed by atoms with Crippen molar-refractivity contribution < 1.29 is 4.42 Å². The Balaban J connectivity index is 1.72. The van der Waals surface area contributed by atoms with Crippen LogP contribution in [-0.4, -0.2) is 15.0 Å². The molecule has 6 aromatic rings. The molecule has 0 atom stereocenters. The predicted octanol–water partition coefficient (Wildman–Crippen LogP) is 6.36. The normalized spacial score (nSPS) is 11.8. The molecule has 0 aliphatic rings. The summed E-state index contributed by atoms with van der Waals surface area (Å²) in [5, 5.41) is 5.44. The van der Waals surface area contributed by atoms with Crippen molar-refractivity contribution >= 4 is 43.7 Å². The highest BCUT2D eigenvalue weighted by atomic mass is 16.3. The van der Waals surface area contributed by atoms with Crippen LogP contribution in [0.15, 0.2) is 71.4 Å². The third-order valence-electron chi connectivity index (χ3n) is 5.64. The molecule has 29 heavy (non-hydrogen) atoms. The molecule has 0 bridgehead atoms. The summed E-state index contributed by atoms with van der Waals surface area (Å²) in [5.74, 6) is 0. The molecule has 6 rings (SSSR count). The summed E-state index contributed by atoms with van der Waals surface area (Å²) >= 11 is 0. The molecule has 0 fully saturated rings. The number of aromatic nitrogens is 3.